The van der Waals surface area contributed by atoms with Gasteiger partial charge in [-0.2, -0.15) is 0 Å². The number of benzene rings is 10. The minimum atomic E-state index is -3.53. The van der Waals surface area contributed by atoms with E-state index in [9.17, 15) is 0 Å². The van der Waals surface area contributed by atoms with Gasteiger partial charge in [-0.05, 0) is 12.1 Å². The van der Waals surface area contributed by atoms with Crippen molar-refractivity contribution in [1.29, 1.82) is 0 Å². The van der Waals surface area contributed by atoms with Crippen LogP contribution in [0.25, 0.3) is 82.5 Å². The van der Waals surface area contributed by atoms with Crippen molar-refractivity contribution in [3.63, 3.8) is 0 Å². The molecule has 10 aromatic carbocycles. The number of para-hydroxylation sites is 6. The Morgan fingerprint density at radius 3 is 1.00 bits per heavy atom. The predicted octanol–water partition coefficient (Wildman–Crippen LogP) is 12.4. The van der Waals surface area contributed by atoms with Gasteiger partial charge in [-0.25, -0.2) is 0 Å². The first kappa shape index (κ1) is 36.8. The first-order valence-corrected chi connectivity index (χ1v) is 26.3. The average Bonchev–Trinajstić information content (AvgIpc) is 4.01. The van der Waals surface area contributed by atoms with Crippen molar-refractivity contribution in [2.24, 2.45) is 0 Å². The first-order valence-electron chi connectivity index (χ1n) is 22.1. The molecule has 0 aliphatic carbocycles. The first-order chi connectivity index (χ1) is 31.8. The van der Waals surface area contributed by atoms with Crippen molar-refractivity contribution in [2.75, 3.05) is 0 Å². The summed E-state index contributed by atoms with van der Waals surface area (Å²) in [4.78, 5) is 0. The molecule has 0 N–H and O–H groups in total. The van der Waals surface area contributed by atoms with Crippen LogP contribution in [0.15, 0.2) is 249 Å². The molecule has 0 saturated heterocycles. The van der Waals surface area contributed by atoms with Gasteiger partial charge in [0.2, 0.25) is 0 Å². The molecule has 0 unspecified atom stereocenters. The van der Waals surface area contributed by atoms with Gasteiger partial charge in [0.25, 0.3) is 0 Å². The second-order valence-electron chi connectivity index (χ2n) is 16.8. The van der Waals surface area contributed by atoms with Crippen LogP contribution in [0.3, 0.4) is 0 Å². The molecule has 3 nitrogen and oxygen atoms in total. The fourth-order valence-corrected chi connectivity index (χ4v) is 20.9. The number of hydrogen-bond acceptors (Lipinski definition) is 0. The van der Waals surface area contributed by atoms with E-state index in [-0.39, 0.29) is 0 Å². The molecule has 64 heavy (non-hydrogen) atoms. The van der Waals surface area contributed by atoms with E-state index < -0.39 is 13.3 Å². The van der Waals surface area contributed by atoms with Gasteiger partial charge in [-0.3, -0.25) is 0 Å². The van der Waals surface area contributed by atoms with Crippen LogP contribution < -0.4 is 17.6 Å². The molecule has 300 valence electrons. The molecule has 0 saturated carbocycles. The molecular formula is C60H41GeN3. The molecule has 3 heterocycles. The Hall–Kier alpha value is -7.86. The normalized spacial score (nSPS) is 12.1. The van der Waals surface area contributed by atoms with Crippen molar-refractivity contribution >= 4 is 96.3 Å². The number of rotatable bonds is 7. The molecule has 0 bridgehead atoms. The van der Waals surface area contributed by atoms with Gasteiger partial charge in [-0.1, -0.05) is 36.4 Å². The zero-order valence-electron chi connectivity index (χ0n) is 35.0. The van der Waals surface area contributed by atoms with Gasteiger partial charge in [0, 0.05) is 10.8 Å². The van der Waals surface area contributed by atoms with Crippen LogP contribution in [0, 0.1) is 0 Å². The van der Waals surface area contributed by atoms with Crippen LogP contribution in [0.2, 0.25) is 0 Å². The summed E-state index contributed by atoms with van der Waals surface area (Å²) >= 11 is -3.53. The summed E-state index contributed by atoms with van der Waals surface area (Å²) < 4.78 is 13.1. The molecule has 4 heteroatoms. The van der Waals surface area contributed by atoms with Gasteiger partial charge >= 0.3 is 301 Å². The van der Waals surface area contributed by atoms with Crippen LogP contribution in [0.5, 0.6) is 0 Å². The van der Waals surface area contributed by atoms with Crippen molar-refractivity contribution in [1.82, 2.24) is 13.7 Å². The van der Waals surface area contributed by atoms with E-state index in [1.807, 2.05) is 0 Å². The standard InChI is InChI=1S/C60H41GeN3/c1-4-20-42(21-5-1)61(43-22-6-2-7-23-43,44-24-8-3-9-25-44)45-36-38-57-51(40-45)49-28-12-16-32-55(49)63(57)59-34-18-19-35-60(59)64-56-33-17-13-29-50(56)52-41-46(37-39-58(52)64)62-53-30-14-10-26-47(53)48-27-11-15-31-54(48)62/h1-41H. The molecule has 13 aromatic rings. The maximum absolute atomic E-state index is 3.53. The zero-order valence-corrected chi connectivity index (χ0v) is 37.1. The zero-order chi connectivity index (χ0) is 42.2. The van der Waals surface area contributed by atoms with Gasteiger partial charge in [0.1, 0.15) is 0 Å². The molecule has 0 amide bonds. The van der Waals surface area contributed by atoms with Gasteiger partial charge < -0.3 is 4.57 Å². The summed E-state index contributed by atoms with van der Waals surface area (Å²) in [5.74, 6) is 0. The fourth-order valence-electron chi connectivity index (χ4n) is 10.9. The molecular weight excluding hydrogens is 835 g/mol. The summed E-state index contributed by atoms with van der Waals surface area (Å²) in [6.07, 6.45) is 0. The van der Waals surface area contributed by atoms with Crippen LogP contribution in [0.4, 0.5) is 0 Å². The Labute approximate surface area is 373 Å². The van der Waals surface area contributed by atoms with E-state index >= 15 is 0 Å². The number of nitrogens with zero attached hydrogens (tertiary/aromatic N) is 3. The molecule has 0 atom stereocenters. The van der Waals surface area contributed by atoms with Crippen molar-refractivity contribution in [3.8, 4) is 17.1 Å². The Morgan fingerprint density at radius 2 is 0.547 bits per heavy atom. The average molecular weight is 877 g/mol. The Morgan fingerprint density at radius 1 is 0.219 bits per heavy atom. The van der Waals surface area contributed by atoms with Crippen molar-refractivity contribution in [2.45, 2.75) is 0 Å². The maximum atomic E-state index is 2.54. The molecule has 0 fully saturated rings. The third kappa shape index (κ3) is 5.34. The summed E-state index contributed by atoms with van der Waals surface area (Å²) in [5.41, 5.74) is 10.6. The summed E-state index contributed by atoms with van der Waals surface area (Å²) in [6, 6.07) is 92.6. The van der Waals surface area contributed by atoms with E-state index in [2.05, 4.69) is 262 Å². The van der Waals surface area contributed by atoms with E-state index in [0.29, 0.717) is 0 Å². The minimum absolute atomic E-state index is 1.13. The number of aromatic nitrogens is 3. The van der Waals surface area contributed by atoms with E-state index in [4.69, 9.17) is 0 Å². The van der Waals surface area contributed by atoms with Crippen LogP contribution in [-0.4, -0.2) is 27.0 Å². The third-order valence-electron chi connectivity index (χ3n) is 13.6. The Kier molecular flexibility index (Phi) is 8.40. The molecule has 0 aliphatic rings. The Bertz CT molecular complexity index is 3750. The monoisotopic (exact) mass is 877 g/mol. The molecule has 13 rings (SSSR count). The van der Waals surface area contributed by atoms with E-state index in [1.54, 1.807) is 0 Å². The fraction of sp³-hybridized carbons (Fsp3) is 0. The van der Waals surface area contributed by atoms with Gasteiger partial charge in [0.05, 0.1) is 11.0 Å². The number of hydrogen-bond donors (Lipinski definition) is 0. The summed E-state index contributed by atoms with van der Waals surface area (Å²) in [5, 5.41) is 7.50. The van der Waals surface area contributed by atoms with Gasteiger partial charge in [0.15, 0.2) is 0 Å². The van der Waals surface area contributed by atoms with Crippen LogP contribution in [0.1, 0.15) is 0 Å². The third-order valence-corrected chi connectivity index (χ3v) is 23.6. The van der Waals surface area contributed by atoms with Crippen LogP contribution >= 0.6 is 0 Å². The predicted molar refractivity (Wildman–Crippen MR) is 273 cm³/mol. The SMILES string of the molecule is c1cc[c]([Ge]([c]2ccccc2)([c]2ccccc2)[c]2ccc3c(c2)c2ccccc2n3-c2ccccc2-n2c3ccccc3c3cc(-n4c5ccccc5c5ccccc54)ccc32)cc1. The van der Waals surface area contributed by atoms with Crippen molar-refractivity contribution in [3.05, 3.63) is 249 Å². The molecule has 3 aromatic heterocycles. The second-order valence-corrected chi connectivity index (χ2v) is 24.8. The molecule has 0 spiro atoms. The molecule has 0 aliphatic heterocycles. The topological polar surface area (TPSA) is 14.8 Å². The van der Waals surface area contributed by atoms with E-state index in [1.165, 1.54) is 83.0 Å². The number of fused-ring (bicyclic) bond motifs is 9. The van der Waals surface area contributed by atoms with E-state index in [0.717, 1.165) is 17.1 Å². The van der Waals surface area contributed by atoms with Crippen molar-refractivity contribution < 1.29 is 0 Å². The van der Waals surface area contributed by atoms with Gasteiger partial charge in [-0.15, -0.1) is 0 Å². The molecule has 0 radical (unpaired) electrons. The second kappa shape index (κ2) is 14.6. The van der Waals surface area contributed by atoms with Crippen LogP contribution in [-0.2, 0) is 0 Å². The Balaban J connectivity index is 1.05. The summed E-state index contributed by atoms with van der Waals surface area (Å²) in [7, 11) is 0. The summed E-state index contributed by atoms with van der Waals surface area (Å²) in [6.45, 7) is 0. The quantitative estimate of drug-likeness (QED) is 0.142.